The number of benzene rings is 1. The summed E-state index contributed by atoms with van der Waals surface area (Å²) in [7, 11) is 2.04. The summed E-state index contributed by atoms with van der Waals surface area (Å²) >= 11 is 9.64. The summed E-state index contributed by atoms with van der Waals surface area (Å²) in [5, 5.41) is 5.08. The van der Waals surface area contributed by atoms with Crippen molar-refractivity contribution in [1.29, 1.82) is 0 Å². The molecule has 5 nitrogen and oxygen atoms in total. The van der Waals surface area contributed by atoms with Crippen LogP contribution in [0, 0.1) is 0 Å². The molecule has 1 saturated heterocycles. The highest BCUT2D eigenvalue weighted by molar-refractivity contribution is 9.10. The number of halogens is 2. The molecule has 0 amide bonds. The van der Waals surface area contributed by atoms with Gasteiger partial charge in [0, 0.05) is 59.3 Å². The molecular weight excluding hydrogens is 428 g/mol. The van der Waals surface area contributed by atoms with Gasteiger partial charge in [0.25, 0.3) is 0 Å². The zero-order valence-corrected chi connectivity index (χ0v) is 17.3. The first-order chi connectivity index (χ1) is 13.0. The van der Waals surface area contributed by atoms with Crippen LogP contribution in [0.3, 0.4) is 0 Å². The third-order valence-corrected chi connectivity index (χ3v) is 6.02. The molecule has 1 fully saturated rings. The highest BCUT2D eigenvalue weighted by Crippen LogP contribution is 2.33. The maximum Gasteiger partial charge on any atom is 0.139 e. The van der Waals surface area contributed by atoms with E-state index in [1.807, 2.05) is 37.6 Å². The first-order valence-corrected chi connectivity index (χ1v) is 9.90. The van der Waals surface area contributed by atoms with Crippen molar-refractivity contribution in [2.75, 3.05) is 31.6 Å². The number of nitrogens with zero attached hydrogens (tertiary/aromatic N) is 3. The zero-order chi connectivity index (χ0) is 19.0. The maximum atomic E-state index is 6.22. The van der Waals surface area contributed by atoms with E-state index in [2.05, 4.69) is 48.3 Å². The molecule has 0 radical (unpaired) electrons. The lowest BCUT2D eigenvalue weighted by atomic mass is 10.1. The van der Waals surface area contributed by atoms with E-state index in [1.54, 1.807) is 0 Å². The van der Waals surface area contributed by atoms with Gasteiger partial charge in [-0.3, -0.25) is 0 Å². The average Bonchev–Trinajstić information content (AvgIpc) is 3.08. The molecule has 140 valence electrons. The molecule has 0 saturated carbocycles. The highest BCUT2D eigenvalue weighted by atomic mass is 79.9. The van der Waals surface area contributed by atoms with Gasteiger partial charge in [-0.25, -0.2) is 4.98 Å². The standard InChI is InChI=1S/C20H20BrClN4O/c1-13(26-7-9-27-10-8-26)16-12-23-20(15-5-6-25(2)19(15)16)24-14-3-4-17(21)18(22)11-14/h3-6,11-12H,1,7-10H2,2H3,(H,23,24). The Kier molecular flexibility index (Phi) is 5.12. The van der Waals surface area contributed by atoms with E-state index in [-0.39, 0.29) is 0 Å². The number of fused-ring (bicyclic) bond motifs is 1. The van der Waals surface area contributed by atoms with Crippen molar-refractivity contribution >= 4 is 55.6 Å². The zero-order valence-electron chi connectivity index (χ0n) is 15.0. The van der Waals surface area contributed by atoms with Gasteiger partial charge in [-0.2, -0.15) is 0 Å². The molecule has 0 unspecified atom stereocenters. The Balaban J connectivity index is 1.72. The number of morpholine rings is 1. The van der Waals surface area contributed by atoms with Gasteiger partial charge in [0.15, 0.2) is 0 Å². The van der Waals surface area contributed by atoms with E-state index in [1.165, 1.54) is 0 Å². The molecule has 1 aromatic carbocycles. The number of anilines is 2. The van der Waals surface area contributed by atoms with E-state index < -0.39 is 0 Å². The van der Waals surface area contributed by atoms with Crippen LogP contribution in [0.1, 0.15) is 5.56 Å². The number of aryl methyl sites for hydroxylation is 1. The molecule has 27 heavy (non-hydrogen) atoms. The van der Waals surface area contributed by atoms with E-state index in [0.29, 0.717) is 5.02 Å². The third kappa shape index (κ3) is 3.57. The predicted molar refractivity (Wildman–Crippen MR) is 115 cm³/mol. The van der Waals surface area contributed by atoms with E-state index in [0.717, 1.165) is 64.4 Å². The van der Waals surface area contributed by atoms with Crippen LogP contribution in [0.5, 0.6) is 0 Å². The fraction of sp³-hybridized carbons (Fsp3) is 0.250. The smallest absolute Gasteiger partial charge is 0.139 e. The first kappa shape index (κ1) is 18.3. The molecule has 4 rings (SSSR count). The lowest BCUT2D eigenvalue weighted by molar-refractivity contribution is 0.0641. The van der Waals surface area contributed by atoms with Crippen LogP contribution in [-0.2, 0) is 11.8 Å². The topological polar surface area (TPSA) is 42.3 Å². The molecule has 7 heteroatoms. The second-order valence-electron chi connectivity index (χ2n) is 6.51. The summed E-state index contributed by atoms with van der Waals surface area (Å²) in [6.45, 7) is 7.48. The molecule has 0 spiro atoms. The van der Waals surface area contributed by atoms with Crippen molar-refractivity contribution in [2.45, 2.75) is 0 Å². The van der Waals surface area contributed by atoms with Crippen LogP contribution in [0.2, 0.25) is 5.02 Å². The van der Waals surface area contributed by atoms with Crippen LogP contribution < -0.4 is 5.32 Å². The van der Waals surface area contributed by atoms with Crippen molar-refractivity contribution < 1.29 is 4.74 Å². The van der Waals surface area contributed by atoms with E-state index in [9.17, 15) is 0 Å². The van der Waals surface area contributed by atoms with E-state index in [4.69, 9.17) is 16.3 Å². The maximum absolute atomic E-state index is 6.22. The lowest BCUT2D eigenvalue weighted by Gasteiger charge is -2.31. The van der Waals surface area contributed by atoms with Gasteiger partial charge < -0.3 is 19.5 Å². The van der Waals surface area contributed by atoms with Gasteiger partial charge in [-0.15, -0.1) is 0 Å². The van der Waals surface area contributed by atoms with Crippen molar-refractivity contribution in [3.63, 3.8) is 0 Å². The van der Waals surface area contributed by atoms with E-state index >= 15 is 0 Å². The quantitative estimate of drug-likeness (QED) is 0.609. The first-order valence-electron chi connectivity index (χ1n) is 8.72. The number of rotatable bonds is 4. The Labute approximate surface area is 171 Å². The number of aromatic nitrogens is 2. The Morgan fingerprint density at radius 3 is 2.81 bits per heavy atom. The molecule has 0 bridgehead atoms. The average molecular weight is 448 g/mol. The highest BCUT2D eigenvalue weighted by Gasteiger charge is 2.19. The second-order valence-corrected chi connectivity index (χ2v) is 7.77. The number of ether oxygens (including phenoxy) is 1. The van der Waals surface area contributed by atoms with Gasteiger partial charge in [0.1, 0.15) is 5.82 Å². The van der Waals surface area contributed by atoms with Crippen LogP contribution in [0.4, 0.5) is 11.5 Å². The van der Waals surface area contributed by atoms with Crippen molar-refractivity contribution in [1.82, 2.24) is 14.5 Å². The lowest BCUT2D eigenvalue weighted by Crippen LogP contribution is -2.34. The van der Waals surface area contributed by atoms with Crippen LogP contribution in [0.15, 0.2) is 47.7 Å². The summed E-state index contributed by atoms with van der Waals surface area (Å²) in [6.07, 6.45) is 3.94. The molecular formula is C20H20BrClN4O. The molecule has 3 aromatic rings. The van der Waals surface area contributed by atoms with Crippen LogP contribution >= 0.6 is 27.5 Å². The summed E-state index contributed by atoms with van der Waals surface area (Å²) in [5.74, 6) is 0.794. The Hall–Kier alpha value is -2.02. The summed E-state index contributed by atoms with van der Waals surface area (Å²) in [6, 6.07) is 7.83. The minimum absolute atomic E-state index is 0.654. The molecule has 2 aromatic heterocycles. The van der Waals surface area contributed by atoms with Gasteiger partial charge >= 0.3 is 0 Å². The van der Waals surface area contributed by atoms with Crippen molar-refractivity contribution in [2.24, 2.45) is 7.05 Å². The number of hydrogen-bond acceptors (Lipinski definition) is 4. The van der Waals surface area contributed by atoms with Crippen LogP contribution in [-0.4, -0.2) is 40.8 Å². The molecule has 3 heterocycles. The largest absolute Gasteiger partial charge is 0.378 e. The minimum atomic E-state index is 0.654. The Morgan fingerprint density at radius 2 is 2.07 bits per heavy atom. The summed E-state index contributed by atoms with van der Waals surface area (Å²) in [4.78, 5) is 6.94. The second kappa shape index (κ2) is 7.54. The monoisotopic (exact) mass is 446 g/mol. The Morgan fingerprint density at radius 1 is 1.30 bits per heavy atom. The number of pyridine rings is 1. The van der Waals surface area contributed by atoms with Gasteiger partial charge in [-0.1, -0.05) is 18.2 Å². The SMILES string of the molecule is C=C(c1cnc(Nc2ccc(Br)c(Cl)c2)c2ccn(C)c12)N1CCOCC1. The molecule has 1 N–H and O–H groups in total. The normalized spacial score (nSPS) is 14.6. The Bertz CT molecular complexity index is 1010. The molecule has 1 aliphatic rings. The summed E-state index contributed by atoms with van der Waals surface area (Å²) in [5.41, 5.74) is 4.02. The molecule has 0 aliphatic carbocycles. The predicted octanol–water partition coefficient (Wildman–Crippen LogP) is 5.04. The fourth-order valence-corrected chi connectivity index (χ4v) is 3.77. The van der Waals surface area contributed by atoms with Gasteiger partial charge in [-0.05, 0) is 40.2 Å². The number of nitrogens with one attached hydrogen (secondary N) is 1. The van der Waals surface area contributed by atoms with Gasteiger partial charge in [0.2, 0.25) is 0 Å². The summed E-state index contributed by atoms with van der Waals surface area (Å²) < 4.78 is 8.43. The van der Waals surface area contributed by atoms with Crippen molar-refractivity contribution in [3.8, 4) is 0 Å². The van der Waals surface area contributed by atoms with Gasteiger partial charge in [0.05, 0.1) is 23.8 Å². The minimum Gasteiger partial charge on any atom is -0.378 e. The molecule has 0 atom stereocenters. The molecule has 1 aliphatic heterocycles. The van der Waals surface area contributed by atoms with Crippen molar-refractivity contribution in [3.05, 3.63) is 58.3 Å². The fourth-order valence-electron chi connectivity index (χ4n) is 3.34. The van der Waals surface area contributed by atoms with Crippen LogP contribution in [0.25, 0.3) is 16.6 Å². The third-order valence-electron chi connectivity index (χ3n) is 4.79. The number of hydrogen-bond donors (Lipinski definition) is 1.